The second kappa shape index (κ2) is 9.55. The molecule has 172 valence electrons. The van der Waals surface area contributed by atoms with Gasteiger partial charge in [0.15, 0.2) is 6.61 Å². The molecular formula is C25H24ClNO5S. The Bertz CT molecular complexity index is 1290. The third kappa shape index (κ3) is 5.21. The van der Waals surface area contributed by atoms with Gasteiger partial charge in [-0.15, -0.1) is 0 Å². The Kier molecular flexibility index (Phi) is 6.74. The molecule has 0 spiro atoms. The maximum absolute atomic E-state index is 13.1. The Morgan fingerprint density at radius 3 is 2.61 bits per heavy atom. The summed E-state index contributed by atoms with van der Waals surface area (Å²) in [6.07, 6.45) is 2.11. The molecule has 0 unspecified atom stereocenters. The van der Waals surface area contributed by atoms with E-state index in [0.717, 1.165) is 34.2 Å². The zero-order chi connectivity index (χ0) is 23.6. The van der Waals surface area contributed by atoms with Crippen LogP contribution in [0.5, 0.6) is 5.75 Å². The van der Waals surface area contributed by atoms with Gasteiger partial charge in [0, 0.05) is 16.6 Å². The van der Waals surface area contributed by atoms with Gasteiger partial charge in [0.2, 0.25) is 10.0 Å². The minimum absolute atomic E-state index is 0.167. The van der Waals surface area contributed by atoms with Crippen molar-refractivity contribution in [3.8, 4) is 16.9 Å². The van der Waals surface area contributed by atoms with Crippen LogP contribution in [0.4, 0.5) is 0 Å². The van der Waals surface area contributed by atoms with Gasteiger partial charge in [-0.05, 0) is 72.7 Å². The lowest BCUT2D eigenvalue weighted by atomic mass is 9.87. The van der Waals surface area contributed by atoms with E-state index in [0.29, 0.717) is 23.6 Å². The van der Waals surface area contributed by atoms with Crippen molar-refractivity contribution in [3.05, 3.63) is 82.4 Å². The molecule has 4 rings (SSSR count). The highest BCUT2D eigenvalue weighted by molar-refractivity contribution is 7.89. The monoisotopic (exact) mass is 485 g/mol. The highest BCUT2D eigenvalue weighted by Crippen LogP contribution is 2.36. The van der Waals surface area contributed by atoms with Crippen molar-refractivity contribution in [2.24, 2.45) is 0 Å². The molecule has 33 heavy (non-hydrogen) atoms. The Balaban J connectivity index is 1.56. The van der Waals surface area contributed by atoms with Gasteiger partial charge in [-0.3, -0.25) is 0 Å². The number of benzene rings is 3. The molecular weight excluding hydrogens is 462 g/mol. The van der Waals surface area contributed by atoms with E-state index in [-0.39, 0.29) is 4.90 Å². The first-order chi connectivity index (χ1) is 15.7. The fraction of sp³-hybridized carbons (Fsp3) is 0.240. The third-order valence-electron chi connectivity index (χ3n) is 5.71. The molecule has 8 heteroatoms. The van der Waals surface area contributed by atoms with E-state index in [9.17, 15) is 13.2 Å². The molecule has 1 aliphatic rings. The van der Waals surface area contributed by atoms with E-state index in [2.05, 4.69) is 4.72 Å². The van der Waals surface area contributed by atoms with Crippen LogP contribution in [0.3, 0.4) is 0 Å². The van der Waals surface area contributed by atoms with Gasteiger partial charge < -0.3 is 9.84 Å². The number of ether oxygens (including phenoxy) is 1. The molecule has 0 heterocycles. The number of carboxylic acids is 1. The molecule has 3 aromatic rings. The van der Waals surface area contributed by atoms with Crippen LogP contribution in [0, 0.1) is 6.92 Å². The number of halogens is 1. The zero-order valence-corrected chi connectivity index (χ0v) is 19.6. The predicted octanol–water partition coefficient (Wildman–Crippen LogP) is 5.13. The summed E-state index contributed by atoms with van der Waals surface area (Å²) < 4.78 is 34.5. The summed E-state index contributed by atoms with van der Waals surface area (Å²) in [5.41, 5.74) is 4.39. The quantitative estimate of drug-likeness (QED) is 0.483. The molecule has 6 nitrogen and oxygen atoms in total. The second-order valence-electron chi connectivity index (χ2n) is 8.08. The highest BCUT2D eigenvalue weighted by atomic mass is 35.5. The first-order valence-corrected chi connectivity index (χ1v) is 12.5. The van der Waals surface area contributed by atoms with E-state index in [4.69, 9.17) is 21.4 Å². The average molecular weight is 486 g/mol. The van der Waals surface area contributed by atoms with Gasteiger partial charge in [-0.25, -0.2) is 17.9 Å². The van der Waals surface area contributed by atoms with Crippen LogP contribution in [0.1, 0.15) is 35.6 Å². The lowest BCUT2D eigenvalue weighted by Crippen LogP contribution is -2.31. The van der Waals surface area contributed by atoms with Crippen LogP contribution in [0.15, 0.2) is 65.6 Å². The predicted molar refractivity (Wildman–Crippen MR) is 127 cm³/mol. The topological polar surface area (TPSA) is 92.7 Å². The van der Waals surface area contributed by atoms with Crippen molar-refractivity contribution in [2.75, 3.05) is 6.61 Å². The maximum Gasteiger partial charge on any atom is 0.341 e. The number of sulfonamides is 1. The lowest BCUT2D eigenvalue weighted by molar-refractivity contribution is -0.139. The van der Waals surface area contributed by atoms with Gasteiger partial charge >= 0.3 is 5.97 Å². The maximum atomic E-state index is 13.1. The molecule has 2 N–H and O–H groups in total. The number of hydrogen-bond acceptors (Lipinski definition) is 4. The number of fused-ring (bicyclic) bond motifs is 1. The SMILES string of the molecule is Cc1ccc(-c2ccc(S(=O)(=O)N[C@@H]3CCCc4c(OCC(=O)O)cccc43)cc2)c(Cl)c1. The molecule has 0 aromatic heterocycles. The molecule has 3 aromatic carbocycles. The number of carboxylic acid groups (broad SMARTS) is 1. The summed E-state index contributed by atoms with van der Waals surface area (Å²) in [7, 11) is -3.77. The Morgan fingerprint density at radius 1 is 1.15 bits per heavy atom. The van der Waals surface area contributed by atoms with E-state index >= 15 is 0 Å². The fourth-order valence-corrected chi connectivity index (χ4v) is 5.73. The van der Waals surface area contributed by atoms with E-state index in [1.165, 1.54) is 0 Å². The summed E-state index contributed by atoms with van der Waals surface area (Å²) in [5.74, 6) is -0.575. The van der Waals surface area contributed by atoms with Crippen molar-refractivity contribution in [2.45, 2.75) is 37.1 Å². The van der Waals surface area contributed by atoms with Crippen LogP contribution in [0.25, 0.3) is 11.1 Å². The smallest absolute Gasteiger partial charge is 0.341 e. The van der Waals surface area contributed by atoms with Gasteiger partial charge in [-0.2, -0.15) is 0 Å². The van der Waals surface area contributed by atoms with Crippen LogP contribution in [0.2, 0.25) is 5.02 Å². The van der Waals surface area contributed by atoms with Crippen molar-refractivity contribution in [1.29, 1.82) is 0 Å². The minimum Gasteiger partial charge on any atom is -0.482 e. The normalized spacial score (nSPS) is 15.6. The largest absolute Gasteiger partial charge is 0.482 e. The number of carbonyl (C=O) groups is 1. The third-order valence-corrected chi connectivity index (χ3v) is 7.51. The zero-order valence-electron chi connectivity index (χ0n) is 18.0. The number of nitrogens with one attached hydrogen (secondary N) is 1. The van der Waals surface area contributed by atoms with Crippen molar-refractivity contribution < 1.29 is 23.1 Å². The minimum atomic E-state index is -3.77. The average Bonchev–Trinajstić information content (AvgIpc) is 2.78. The van der Waals surface area contributed by atoms with Gasteiger partial charge in [0.05, 0.1) is 4.90 Å². The summed E-state index contributed by atoms with van der Waals surface area (Å²) >= 11 is 6.35. The first-order valence-electron chi connectivity index (χ1n) is 10.6. The molecule has 0 fully saturated rings. The lowest BCUT2D eigenvalue weighted by Gasteiger charge is -2.27. The summed E-state index contributed by atoms with van der Waals surface area (Å²) in [6.45, 7) is 1.52. The van der Waals surface area contributed by atoms with Crippen molar-refractivity contribution >= 4 is 27.6 Å². The van der Waals surface area contributed by atoms with Crippen LogP contribution >= 0.6 is 11.6 Å². The van der Waals surface area contributed by atoms with Crippen LogP contribution in [-0.2, 0) is 21.2 Å². The Hall–Kier alpha value is -2.87. The van der Waals surface area contributed by atoms with Crippen LogP contribution in [-0.4, -0.2) is 26.1 Å². The molecule has 0 amide bonds. The second-order valence-corrected chi connectivity index (χ2v) is 10.2. The highest BCUT2D eigenvalue weighted by Gasteiger charge is 2.27. The summed E-state index contributed by atoms with van der Waals surface area (Å²) in [5, 5.41) is 9.52. The molecule has 1 atom stereocenters. The van der Waals surface area contributed by atoms with Crippen LogP contribution < -0.4 is 9.46 Å². The van der Waals surface area contributed by atoms with Crippen molar-refractivity contribution in [1.82, 2.24) is 4.72 Å². The molecule has 0 saturated carbocycles. The first kappa shape index (κ1) is 23.3. The number of rotatable bonds is 7. The number of aryl methyl sites for hydroxylation is 1. The Labute approximate surface area is 198 Å². The van der Waals surface area contributed by atoms with Gasteiger partial charge in [0.25, 0.3) is 0 Å². The molecule has 0 bridgehead atoms. The molecule has 0 saturated heterocycles. The van der Waals surface area contributed by atoms with Gasteiger partial charge in [-0.1, -0.05) is 48.0 Å². The van der Waals surface area contributed by atoms with E-state index < -0.39 is 28.6 Å². The van der Waals surface area contributed by atoms with Gasteiger partial charge in [0.1, 0.15) is 5.75 Å². The standard InChI is InChI=1S/C25H24ClNO5S/c1-16-8-13-19(22(26)14-16)17-9-11-18(12-10-17)33(30,31)27-23-6-2-5-21-20(23)4-3-7-24(21)32-15-25(28)29/h3-4,7-14,23,27H,2,5-6,15H2,1H3,(H,28,29)/t23-/m1/s1. The molecule has 0 radical (unpaired) electrons. The molecule has 0 aliphatic heterocycles. The Morgan fingerprint density at radius 2 is 1.91 bits per heavy atom. The van der Waals surface area contributed by atoms with Crippen molar-refractivity contribution in [3.63, 3.8) is 0 Å². The van der Waals surface area contributed by atoms with E-state index in [1.54, 1.807) is 36.4 Å². The number of hydrogen-bond donors (Lipinski definition) is 2. The molecule has 1 aliphatic carbocycles. The van der Waals surface area contributed by atoms with E-state index in [1.807, 2.05) is 31.2 Å². The summed E-state index contributed by atoms with van der Waals surface area (Å²) in [4.78, 5) is 11.0. The number of aliphatic carboxylic acids is 1. The summed E-state index contributed by atoms with van der Waals surface area (Å²) in [6, 6.07) is 17.3. The fourth-order valence-electron chi connectivity index (χ4n) is 4.14.